The van der Waals surface area contributed by atoms with Gasteiger partial charge in [-0.1, -0.05) is 34.8 Å². The van der Waals surface area contributed by atoms with E-state index in [4.69, 9.17) is 34.8 Å². The van der Waals surface area contributed by atoms with Gasteiger partial charge in [0, 0.05) is 22.8 Å². The number of rotatable bonds is 3. The second kappa shape index (κ2) is 5.79. The van der Waals surface area contributed by atoms with E-state index in [1.807, 2.05) is 19.1 Å². The number of benzene rings is 1. The average Bonchev–Trinajstić information content (AvgIpc) is 2.33. The van der Waals surface area contributed by atoms with Gasteiger partial charge in [0.05, 0.1) is 5.69 Å². The number of nitrogens with zero attached hydrogens (tertiary/aromatic N) is 1. The maximum Gasteiger partial charge on any atom is 0.152 e. The van der Waals surface area contributed by atoms with Crippen molar-refractivity contribution >= 4 is 40.5 Å². The standard InChI is InChI=1S/C13H11Cl3N2/c1-8-4-5-17-13(16)12(8)18-7-9-6-10(14)2-3-11(9)15/h2-6,18H,7H2,1H3. The van der Waals surface area contributed by atoms with E-state index in [1.165, 1.54) is 0 Å². The van der Waals surface area contributed by atoms with Crippen molar-refractivity contribution in [2.24, 2.45) is 0 Å². The Morgan fingerprint density at radius 3 is 2.67 bits per heavy atom. The maximum atomic E-state index is 6.09. The predicted molar refractivity (Wildman–Crippen MR) is 77.8 cm³/mol. The highest BCUT2D eigenvalue weighted by atomic mass is 35.5. The molecule has 2 rings (SSSR count). The van der Waals surface area contributed by atoms with Crippen LogP contribution in [0.25, 0.3) is 0 Å². The van der Waals surface area contributed by atoms with Gasteiger partial charge >= 0.3 is 0 Å². The van der Waals surface area contributed by atoms with Crippen LogP contribution in [0.2, 0.25) is 15.2 Å². The van der Waals surface area contributed by atoms with E-state index in [0.717, 1.165) is 16.8 Å². The minimum Gasteiger partial charge on any atom is -0.378 e. The van der Waals surface area contributed by atoms with Gasteiger partial charge in [0.2, 0.25) is 0 Å². The summed E-state index contributed by atoms with van der Waals surface area (Å²) in [4.78, 5) is 4.04. The molecule has 1 N–H and O–H groups in total. The van der Waals surface area contributed by atoms with Crippen LogP contribution < -0.4 is 5.32 Å². The molecule has 0 aliphatic rings. The van der Waals surface area contributed by atoms with Crippen molar-refractivity contribution in [2.75, 3.05) is 5.32 Å². The van der Waals surface area contributed by atoms with E-state index >= 15 is 0 Å². The molecule has 1 aromatic heterocycles. The third-order valence-electron chi connectivity index (χ3n) is 2.58. The molecule has 0 spiro atoms. The largest absolute Gasteiger partial charge is 0.378 e. The quantitative estimate of drug-likeness (QED) is 0.810. The van der Waals surface area contributed by atoms with Crippen molar-refractivity contribution in [1.29, 1.82) is 0 Å². The average molecular weight is 302 g/mol. The lowest BCUT2D eigenvalue weighted by Gasteiger charge is -2.11. The Labute approximate surface area is 121 Å². The van der Waals surface area contributed by atoms with E-state index in [-0.39, 0.29) is 0 Å². The molecule has 0 unspecified atom stereocenters. The Balaban J connectivity index is 2.19. The lowest BCUT2D eigenvalue weighted by Crippen LogP contribution is -2.03. The fourth-order valence-corrected chi connectivity index (χ4v) is 2.25. The van der Waals surface area contributed by atoms with Gasteiger partial charge < -0.3 is 5.32 Å². The fourth-order valence-electron chi connectivity index (χ4n) is 1.60. The Morgan fingerprint density at radius 1 is 1.17 bits per heavy atom. The molecule has 0 atom stereocenters. The van der Waals surface area contributed by atoms with Crippen LogP contribution in [0.5, 0.6) is 0 Å². The van der Waals surface area contributed by atoms with E-state index in [1.54, 1.807) is 18.3 Å². The van der Waals surface area contributed by atoms with Gasteiger partial charge in [0.15, 0.2) is 5.15 Å². The Kier molecular flexibility index (Phi) is 4.33. The van der Waals surface area contributed by atoms with E-state index in [0.29, 0.717) is 21.7 Å². The zero-order valence-electron chi connectivity index (χ0n) is 9.67. The highest BCUT2D eigenvalue weighted by molar-refractivity contribution is 6.33. The first kappa shape index (κ1) is 13.5. The predicted octanol–water partition coefficient (Wildman–Crippen LogP) is 4.96. The lowest BCUT2D eigenvalue weighted by molar-refractivity contribution is 1.12. The molecule has 5 heteroatoms. The number of halogens is 3. The minimum atomic E-state index is 0.452. The number of anilines is 1. The molecule has 0 aliphatic heterocycles. The summed E-state index contributed by atoms with van der Waals surface area (Å²) in [6.45, 7) is 2.51. The zero-order valence-corrected chi connectivity index (χ0v) is 11.9. The van der Waals surface area contributed by atoms with Crippen molar-refractivity contribution in [1.82, 2.24) is 4.98 Å². The minimum absolute atomic E-state index is 0.452. The molecule has 0 saturated carbocycles. The molecule has 2 aromatic rings. The van der Waals surface area contributed by atoms with E-state index < -0.39 is 0 Å². The molecular formula is C13H11Cl3N2. The maximum absolute atomic E-state index is 6.09. The summed E-state index contributed by atoms with van der Waals surface area (Å²) >= 11 is 18.1. The second-order valence-electron chi connectivity index (χ2n) is 3.88. The number of pyridine rings is 1. The van der Waals surface area contributed by atoms with Crippen LogP contribution in [-0.4, -0.2) is 4.98 Å². The van der Waals surface area contributed by atoms with Crippen molar-refractivity contribution in [3.05, 3.63) is 56.8 Å². The molecule has 0 amide bonds. The number of aryl methyl sites for hydroxylation is 1. The summed E-state index contributed by atoms with van der Waals surface area (Å²) in [6, 6.07) is 7.26. The first-order chi connectivity index (χ1) is 8.58. The van der Waals surface area contributed by atoms with Gasteiger partial charge in [0.1, 0.15) is 0 Å². The first-order valence-corrected chi connectivity index (χ1v) is 6.50. The molecule has 0 aliphatic carbocycles. The van der Waals surface area contributed by atoms with Crippen LogP contribution >= 0.6 is 34.8 Å². The summed E-state index contributed by atoms with van der Waals surface area (Å²) in [5.74, 6) is 0. The molecule has 18 heavy (non-hydrogen) atoms. The SMILES string of the molecule is Cc1ccnc(Cl)c1NCc1cc(Cl)ccc1Cl. The van der Waals surface area contributed by atoms with Crippen molar-refractivity contribution in [2.45, 2.75) is 13.5 Å². The highest BCUT2D eigenvalue weighted by Gasteiger charge is 2.06. The smallest absolute Gasteiger partial charge is 0.152 e. The van der Waals surface area contributed by atoms with Crippen LogP contribution in [0.3, 0.4) is 0 Å². The van der Waals surface area contributed by atoms with Crippen LogP contribution in [0.15, 0.2) is 30.5 Å². The number of nitrogens with one attached hydrogen (secondary N) is 1. The molecule has 1 heterocycles. The summed E-state index contributed by atoms with van der Waals surface area (Å²) < 4.78 is 0. The van der Waals surface area contributed by atoms with Crippen LogP contribution in [0, 0.1) is 6.92 Å². The van der Waals surface area contributed by atoms with Crippen molar-refractivity contribution in [3.8, 4) is 0 Å². The Morgan fingerprint density at radius 2 is 1.94 bits per heavy atom. The topological polar surface area (TPSA) is 24.9 Å². The van der Waals surface area contributed by atoms with Gasteiger partial charge in [-0.15, -0.1) is 0 Å². The van der Waals surface area contributed by atoms with Gasteiger partial charge in [0.25, 0.3) is 0 Å². The Hall–Kier alpha value is -0.960. The molecule has 2 nitrogen and oxygen atoms in total. The molecular weight excluding hydrogens is 291 g/mol. The molecule has 94 valence electrons. The number of aromatic nitrogens is 1. The van der Waals surface area contributed by atoms with Crippen LogP contribution in [-0.2, 0) is 6.54 Å². The van der Waals surface area contributed by atoms with E-state index in [2.05, 4.69) is 10.3 Å². The monoisotopic (exact) mass is 300 g/mol. The first-order valence-electron chi connectivity index (χ1n) is 5.37. The van der Waals surface area contributed by atoms with Gasteiger partial charge in [-0.3, -0.25) is 0 Å². The molecule has 1 aromatic carbocycles. The Bertz CT molecular complexity index is 550. The fraction of sp³-hybridized carbons (Fsp3) is 0.154. The zero-order chi connectivity index (χ0) is 13.1. The molecule has 0 fully saturated rings. The summed E-state index contributed by atoms with van der Waals surface area (Å²) in [7, 11) is 0. The lowest BCUT2D eigenvalue weighted by atomic mass is 10.2. The molecule has 0 bridgehead atoms. The van der Waals surface area contributed by atoms with Gasteiger partial charge in [-0.05, 0) is 42.3 Å². The summed E-state index contributed by atoms with van der Waals surface area (Å²) in [5.41, 5.74) is 2.77. The third kappa shape index (κ3) is 3.08. The van der Waals surface area contributed by atoms with Crippen LogP contribution in [0.1, 0.15) is 11.1 Å². The summed E-state index contributed by atoms with van der Waals surface area (Å²) in [6.07, 6.45) is 1.68. The summed E-state index contributed by atoms with van der Waals surface area (Å²) in [5, 5.41) is 5.01. The van der Waals surface area contributed by atoms with Crippen molar-refractivity contribution < 1.29 is 0 Å². The number of hydrogen-bond acceptors (Lipinski definition) is 2. The highest BCUT2D eigenvalue weighted by Crippen LogP contribution is 2.26. The third-order valence-corrected chi connectivity index (χ3v) is 3.47. The molecule has 0 radical (unpaired) electrons. The van der Waals surface area contributed by atoms with Gasteiger partial charge in [-0.2, -0.15) is 0 Å². The number of hydrogen-bond donors (Lipinski definition) is 1. The van der Waals surface area contributed by atoms with Crippen LogP contribution in [0.4, 0.5) is 5.69 Å². The molecule has 0 saturated heterocycles. The second-order valence-corrected chi connectivity index (χ2v) is 5.08. The van der Waals surface area contributed by atoms with Crippen molar-refractivity contribution in [3.63, 3.8) is 0 Å². The van der Waals surface area contributed by atoms with Gasteiger partial charge in [-0.25, -0.2) is 4.98 Å². The normalized spacial score (nSPS) is 10.4. The van der Waals surface area contributed by atoms with E-state index in [9.17, 15) is 0 Å².